The topological polar surface area (TPSA) is 47.0 Å². The van der Waals surface area contributed by atoms with Gasteiger partial charge in [0.2, 0.25) is 0 Å². The standard InChI is InChI=1S/C15H18ClN3O/c1-9-7-12(10(2)19-18-9)15(17-3)13-8-11(16)5-6-14(13)20-4/h5-8,15,17H,1-4H3. The van der Waals surface area contributed by atoms with Gasteiger partial charge < -0.3 is 10.1 Å². The Morgan fingerprint density at radius 2 is 1.90 bits per heavy atom. The third-order valence-electron chi connectivity index (χ3n) is 3.24. The maximum Gasteiger partial charge on any atom is 0.124 e. The van der Waals surface area contributed by atoms with Crippen LogP contribution in [0.25, 0.3) is 0 Å². The molecule has 2 aromatic rings. The average Bonchev–Trinajstić information content (AvgIpc) is 2.44. The van der Waals surface area contributed by atoms with Crippen molar-refractivity contribution in [1.29, 1.82) is 0 Å². The van der Waals surface area contributed by atoms with Crippen LogP contribution in [0.1, 0.15) is 28.6 Å². The van der Waals surface area contributed by atoms with Crippen LogP contribution in [-0.2, 0) is 0 Å². The zero-order valence-corrected chi connectivity index (χ0v) is 12.8. The smallest absolute Gasteiger partial charge is 0.124 e. The minimum atomic E-state index is -0.0437. The molecule has 1 heterocycles. The van der Waals surface area contributed by atoms with Crippen molar-refractivity contribution in [3.8, 4) is 5.75 Å². The highest BCUT2D eigenvalue weighted by atomic mass is 35.5. The lowest BCUT2D eigenvalue weighted by molar-refractivity contribution is 0.405. The predicted octanol–water partition coefficient (Wildman–Crippen LogP) is 3.06. The monoisotopic (exact) mass is 291 g/mol. The number of nitrogens with zero attached hydrogens (tertiary/aromatic N) is 2. The Morgan fingerprint density at radius 3 is 2.55 bits per heavy atom. The van der Waals surface area contributed by atoms with Crippen LogP contribution in [0.5, 0.6) is 5.75 Å². The van der Waals surface area contributed by atoms with Crippen molar-refractivity contribution in [2.24, 2.45) is 0 Å². The van der Waals surface area contributed by atoms with E-state index in [-0.39, 0.29) is 6.04 Å². The van der Waals surface area contributed by atoms with Gasteiger partial charge >= 0.3 is 0 Å². The van der Waals surface area contributed by atoms with Gasteiger partial charge in [0.05, 0.1) is 24.5 Å². The molecule has 0 amide bonds. The van der Waals surface area contributed by atoms with Crippen LogP contribution in [-0.4, -0.2) is 24.4 Å². The first-order valence-corrected chi connectivity index (χ1v) is 6.76. The second kappa shape index (κ2) is 6.20. The van der Waals surface area contributed by atoms with Crippen molar-refractivity contribution >= 4 is 11.6 Å². The summed E-state index contributed by atoms with van der Waals surface area (Å²) in [6.07, 6.45) is 0. The van der Waals surface area contributed by atoms with Crippen LogP contribution in [0.2, 0.25) is 5.02 Å². The number of rotatable bonds is 4. The number of hydrogen-bond acceptors (Lipinski definition) is 4. The summed E-state index contributed by atoms with van der Waals surface area (Å²) in [5.74, 6) is 0.794. The molecule has 0 radical (unpaired) electrons. The molecule has 5 heteroatoms. The number of aromatic nitrogens is 2. The van der Waals surface area contributed by atoms with Gasteiger partial charge in [-0.15, -0.1) is 0 Å². The quantitative estimate of drug-likeness (QED) is 0.940. The molecule has 0 aliphatic carbocycles. The second-order valence-corrected chi connectivity index (χ2v) is 5.07. The molecule has 0 spiro atoms. The number of aryl methyl sites for hydroxylation is 2. The fraction of sp³-hybridized carbons (Fsp3) is 0.333. The Balaban J connectivity index is 2.57. The van der Waals surface area contributed by atoms with Gasteiger partial charge in [0.25, 0.3) is 0 Å². The lowest BCUT2D eigenvalue weighted by Crippen LogP contribution is -2.20. The van der Waals surface area contributed by atoms with Crippen LogP contribution in [0.3, 0.4) is 0 Å². The molecule has 4 nitrogen and oxygen atoms in total. The summed E-state index contributed by atoms with van der Waals surface area (Å²) >= 11 is 6.12. The fourth-order valence-corrected chi connectivity index (χ4v) is 2.45. The molecule has 1 aromatic carbocycles. The average molecular weight is 292 g/mol. The molecule has 1 aromatic heterocycles. The Kier molecular flexibility index (Phi) is 4.57. The van der Waals surface area contributed by atoms with E-state index in [4.69, 9.17) is 16.3 Å². The molecule has 0 bridgehead atoms. The number of hydrogen-bond donors (Lipinski definition) is 1. The highest BCUT2D eigenvalue weighted by Crippen LogP contribution is 2.33. The van der Waals surface area contributed by atoms with Gasteiger partial charge in [0.15, 0.2) is 0 Å². The molecule has 0 fully saturated rings. The molecule has 1 unspecified atom stereocenters. The summed E-state index contributed by atoms with van der Waals surface area (Å²) < 4.78 is 5.44. The molecule has 2 rings (SSSR count). The summed E-state index contributed by atoms with van der Waals surface area (Å²) in [4.78, 5) is 0. The van der Waals surface area contributed by atoms with E-state index in [1.165, 1.54) is 0 Å². The zero-order valence-electron chi connectivity index (χ0n) is 12.1. The minimum absolute atomic E-state index is 0.0437. The first-order valence-electron chi connectivity index (χ1n) is 6.38. The molecule has 0 saturated carbocycles. The molecule has 1 atom stereocenters. The number of nitrogens with one attached hydrogen (secondary N) is 1. The third-order valence-corrected chi connectivity index (χ3v) is 3.48. The van der Waals surface area contributed by atoms with Gasteiger partial charge in [0.1, 0.15) is 5.75 Å². The number of benzene rings is 1. The zero-order chi connectivity index (χ0) is 14.7. The minimum Gasteiger partial charge on any atom is -0.496 e. The van der Waals surface area contributed by atoms with Crippen molar-refractivity contribution in [2.75, 3.05) is 14.2 Å². The second-order valence-electron chi connectivity index (χ2n) is 4.63. The van der Waals surface area contributed by atoms with Crippen LogP contribution < -0.4 is 10.1 Å². The summed E-state index contributed by atoms with van der Waals surface area (Å²) in [6, 6.07) is 7.59. The van der Waals surface area contributed by atoms with E-state index in [9.17, 15) is 0 Å². The Labute approximate surface area is 124 Å². The van der Waals surface area contributed by atoms with Crippen molar-refractivity contribution < 1.29 is 4.74 Å². The molecular weight excluding hydrogens is 274 g/mol. The highest BCUT2D eigenvalue weighted by molar-refractivity contribution is 6.30. The first-order chi connectivity index (χ1) is 9.56. The van der Waals surface area contributed by atoms with Crippen molar-refractivity contribution in [3.05, 3.63) is 51.8 Å². The maximum atomic E-state index is 6.12. The van der Waals surface area contributed by atoms with E-state index < -0.39 is 0 Å². The summed E-state index contributed by atoms with van der Waals surface area (Å²) in [7, 11) is 3.56. The van der Waals surface area contributed by atoms with Crippen molar-refractivity contribution in [3.63, 3.8) is 0 Å². The highest BCUT2D eigenvalue weighted by Gasteiger charge is 2.20. The lowest BCUT2D eigenvalue weighted by atomic mass is 9.97. The van der Waals surface area contributed by atoms with E-state index in [1.807, 2.05) is 45.2 Å². The normalized spacial score (nSPS) is 12.2. The van der Waals surface area contributed by atoms with Crippen LogP contribution in [0, 0.1) is 13.8 Å². The molecular formula is C15H18ClN3O. The molecule has 20 heavy (non-hydrogen) atoms. The van der Waals surface area contributed by atoms with Gasteiger partial charge in [0, 0.05) is 10.6 Å². The lowest BCUT2D eigenvalue weighted by Gasteiger charge is -2.21. The number of ether oxygens (including phenoxy) is 1. The number of methoxy groups -OCH3 is 1. The van der Waals surface area contributed by atoms with E-state index in [1.54, 1.807) is 7.11 Å². The van der Waals surface area contributed by atoms with E-state index in [2.05, 4.69) is 15.5 Å². The summed E-state index contributed by atoms with van der Waals surface area (Å²) in [5, 5.41) is 12.2. The van der Waals surface area contributed by atoms with E-state index in [0.29, 0.717) is 5.02 Å². The van der Waals surface area contributed by atoms with Crippen LogP contribution in [0.4, 0.5) is 0 Å². The van der Waals surface area contributed by atoms with Gasteiger partial charge in [-0.1, -0.05) is 11.6 Å². The maximum absolute atomic E-state index is 6.12. The van der Waals surface area contributed by atoms with Gasteiger partial charge in [-0.2, -0.15) is 10.2 Å². The Hall–Kier alpha value is -1.65. The molecule has 0 saturated heterocycles. The van der Waals surface area contributed by atoms with E-state index in [0.717, 1.165) is 28.3 Å². The van der Waals surface area contributed by atoms with Gasteiger partial charge in [-0.3, -0.25) is 0 Å². The van der Waals surface area contributed by atoms with Gasteiger partial charge in [-0.05, 0) is 50.7 Å². The van der Waals surface area contributed by atoms with Crippen molar-refractivity contribution in [1.82, 2.24) is 15.5 Å². The Morgan fingerprint density at radius 1 is 1.15 bits per heavy atom. The van der Waals surface area contributed by atoms with Crippen molar-refractivity contribution in [2.45, 2.75) is 19.9 Å². The SMILES string of the molecule is CNC(c1cc(Cl)ccc1OC)c1cc(C)nnc1C. The number of halogens is 1. The van der Waals surface area contributed by atoms with Gasteiger partial charge in [-0.25, -0.2) is 0 Å². The summed E-state index contributed by atoms with van der Waals surface area (Å²) in [6.45, 7) is 3.88. The van der Waals surface area contributed by atoms with E-state index >= 15 is 0 Å². The van der Waals surface area contributed by atoms with Crippen LogP contribution >= 0.6 is 11.6 Å². The molecule has 106 valence electrons. The molecule has 0 aliphatic rings. The predicted molar refractivity (Wildman–Crippen MR) is 80.4 cm³/mol. The largest absolute Gasteiger partial charge is 0.496 e. The molecule has 1 N–H and O–H groups in total. The Bertz CT molecular complexity index is 616. The molecule has 0 aliphatic heterocycles. The van der Waals surface area contributed by atoms with Crippen LogP contribution in [0.15, 0.2) is 24.3 Å². The first kappa shape index (κ1) is 14.8. The third kappa shape index (κ3) is 2.92. The summed E-state index contributed by atoms with van der Waals surface area (Å²) in [5.41, 5.74) is 3.82. The fourth-order valence-electron chi connectivity index (χ4n) is 2.27.